The van der Waals surface area contributed by atoms with Crippen molar-refractivity contribution in [3.05, 3.63) is 54.1 Å². The van der Waals surface area contributed by atoms with E-state index in [2.05, 4.69) is 0 Å². The summed E-state index contributed by atoms with van der Waals surface area (Å²) < 4.78 is 60.2. The van der Waals surface area contributed by atoms with E-state index < -0.39 is 26.6 Å². The van der Waals surface area contributed by atoms with Gasteiger partial charge in [0.15, 0.2) is 23.1 Å². The third-order valence-corrected chi connectivity index (χ3v) is 3.76. The molecule has 0 saturated carbocycles. The van der Waals surface area contributed by atoms with Gasteiger partial charge in [0.2, 0.25) is 0 Å². The first-order chi connectivity index (χ1) is 9.94. The molecule has 0 saturated heterocycles. The molecule has 0 radical (unpaired) electrons. The number of hydrogen-bond donors (Lipinski definition) is 0. The Hall–Kier alpha value is -2.15. The van der Waals surface area contributed by atoms with Crippen molar-refractivity contribution in [1.82, 2.24) is 0 Å². The fourth-order valence-corrected chi connectivity index (χ4v) is 2.55. The molecule has 7 heteroatoms. The van der Waals surface area contributed by atoms with Crippen molar-refractivity contribution in [2.24, 2.45) is 0 Å². The quantitative estimate of drug-likeness (QED) is 0.796. The molecule has 4 nitrogen and oxygen atoms in total. The number of benzene rings is 2. The highest BCUT2D eigenvalue weighted by Crippen LogP contribution is 2.29. The molecule has 0 unspecified atom stereocenters. The number of halogens is 2. The second kappa shape index (κ2) is 6.09. The molecular formula is C14H12F2O4S. The summed E-state index contributed by atoms with van der Waals surface area (Å²) in [6.45, 7) is 2.06. The van der Waals surface area contributed by atoms with E-state index in [1.165, 1.54) is 6.07 Å². The Labute approximate surface area is 121 Å². The molecular weight excluding hydrogens is 302 g/mol. The highest BCUT2D eigenvalue weighted by molar-refractivity contribution is 7.87. The maximum Gasteiger partial charge on any atom is 0.339 e. The second-order valence-corrected chi connectivity index (χ2v) is 5.54. The zero-order valence-electron chi connectivity index (χ0n) is 11.0. The van der Waals surface area contributed by atoms with Gasteiger partial charge in [-0.3, -0.25) is 0 Å². The maximum absolute atomic E-state index is 13.1. The van der Waals surface area contributed by atoms with E-state index in [-0.39, 0.29) is 11.5 Å². The molecule has 0 aliphatic heterocycles. The molecule has 0 fully saturated rings. The molecule has 112 valence electrons. The van der Waals surface area contributed by atoms with E-state index in [9.17, 15) is 17.2 Å². The fourth-order valence-electron chi connectivity index (χ4n) is 1.59. The third kappa shape index (κ3) is 3.49. The molecule has 0 bridgehead atoms. The van der Waals surface area contributed by atoms with E-state index in [0.29, 0.717) is 12.7 Å². The third-order valence-electron chi connectivity index (χ3n) is 2.53. The average molecular weight is 314 g/mol. The molecule has 0 spiro atoms. The standard InChI is InChI=1S/C14H12F2O4S/c1-2-19-13-5-3-4-6-14(13)20-21(17,18)10-7-8-11(15)12(16)9-10/h3-9H,2H2,1H3. The van der Waals surface area contributed by atoms with E-state index in [0.717, 1.165) is 12.1 Å². The van der Waals surface area contributed by atoms with Gasteiger partial charge in [0.05, 0.1) is 6.61 Å². The summed E-state index contributed by atoms with van der Waals surface area (Å²) in [7, 11) is -4.28. The van der Waals surface area contributed by atoms with E-state index in [1.807, 2.05) is 0 Å². The Morgan fingerprint density at radius 3 is 2.29 bits per heavy atom. The summed E-state index contributed by atoms with van der Waals surface area (Å²) in [6, 6.07) is 8.38. The lowest BCUT2D eigenvalue weighted by molar-refractivity contribution is 0.327. The van der Waals surface area contributed by atoms with Crippen LogP contribution in [0.4, 0.5) is 8.78 Å². The number of ether oxygens (including phenoxy) is 1. The van der Waals surface area contributed by atoms with Crippen LogP contribution in [0.1, 0.15) is 6.92 Å². The van der Waals surface area contributed by atoms with Crippen LogP contribution in [0.25, 0.3) is 0 Å². The minimum absolute atomic E-state index is 0.0240. The van der Waals surface area contributed by atoms with Gasteiger partial charge < -0.3 is 8.92 Å². The largest absolute Gasteiger partial charge is 0.490 e. The van der Waals surface area contributed by atoms with Crippen LogP contribution in [-0.4, -0.2) is 15.0 Å². The average Bonchev–Trinajstić information content (AvgIpc) is 2.44. The van der Waals surface area contributed by atoms with Gasteiger partial charge in [0.1, 0.15) is 4.90 Å². The number of hydrogen-bond acceptors (Lipinski definition) is 4. The van der Waals surface area contributed by atoms with Crippen LogP contribution >= 0.6 is 0 Å². The Kier molecular flexibility index (Phi) is 4.42. The first-order valence-corrected chi connectivity index (χ1v) is 7.46. The Morgan fingerprint density at radius 2 is 1.67 bits per heavy atom. The van der Waals surface area contributed by atoms with Crippen molar-refractivity contribution in [2.45, 2.75) is 11.8 Å². The molecule has 0 heterocycles. The fraction of sp³-hybridized carbons (Fsp3) is 0.143. The van der Waals surface area contributed by atoms with Gasteiger partial charge >= 0.3 is 10.1 Å². The predicted molar refractivity (Wildman–Crippen MR) is 71.8 cm³/mol. The van der Waals surface area contributed by atoms with Gasteiger partial charge in [-0.05, 0) is 37.3 Å². The molecule has 2 rings (SSSR count). The SMILES string of the molecule is CCOc1ccccc1OS(=O)(=O)c1ccc(F)c(F)c1. The van der Waals surface area contributed by atoms with Crippen molar-refractivity contribution in [2.75, 3.05) is 6.61 Å². The Morgan fingerprint density at radius 1 is 1.00 bits per heavy atom. The second-order valence-electron chi connectivity index (χ2n) is 3.99. The summed E-state index contributed by atoms with van der Waals surface area (Å²) >= 11 is 0. The number of rotatable bonds is 5. The zero-order valence-corrected chi connectivity index (χ0v) is 11.9. The van der Waals surface area contributed by atoms with Gasteiger partial charge in [-0.15, -0.1) is 0 Å². The summed E-state index contributed by atoms with van der Waals surface area (Å²) in [5.41, 5.74) is 0. The molecule has 21 heavy (non-hydrogen) atoms. The van der Waals surface area contributed by atoms with Crippen molar-refractivity contribution in [3.8, 4) is 11.5 Å². The maximum atomic E-state index is 13.1. The highest BCUT2D eigenvalue weighted by atomic mass is 32.2. The molecule has 2 aromatic rings. The summed E-state index contributed by atoms with van der Waals surface area (Å²) in [5, 5.41) is 0. The van der Waals surface area contributed by atoms with Crippen LogP contribution in [0, 0.1) is 11.6 Å². The zero-order chi connectivity index (χ0) is 15.5. The van der Waals surface area contributed by atoms with E-state index in [4.69, 9.17) is 8.92 Å². The van der Waals surface area contributed by atoms with Crippen LogP contribution < -0.4 is 8.92 Å². The van der Waals surface area contributed by atoms with Gasteiger partial charge in [-0.2, -0.15) is 8.42 Å². The van der Waals surface area contributed by atoms with Gasteiger partial charge in [-0.1, -0.05) is 12.1 Å². The minimum Gasteiger partial charge on any atom is -0.490 e. The normalized spacial score (nSPS) is 11.2. The summed E-state index contributed by atoms with van der Waals surface area (Å²) in [6.07, 6.45) is 0. The number of para-hydroxylation sites is 2. The minimum atomic E-state index is -4.28. The van der Waals surface area contributed by atoms with Crippen LogP contribution in [-0.2, 0) is 10.1 Å². The molecule has 2 aromatic carbocycles. The van der Waals surface area contributed by atoms with Crippen LogP contribution in [0.3, 0.4) is 0 Å². The Balaban J connectivity index is 2.35. The van der Waals surface area contributed by atoms with Crippen LogP contribution in [0.2, 0.25) is 0 Å². The van der Waals surface area contributed by atoms with Crippen molar-refractivity contribution in [1.29, 1.82) is 0 Å². The summed E-state index contributed by atoms with van der Waals surface area (Å²) in [4.78, 5) is -0.479. The van der Waals surface area contributed by atoms with Crippen LogP contribution in [0.15, 0.2) is 47.4 Å². The van der Waals surface area contributed by atoms with Crippen molar-refractivity contribution < 1.29 is 26.1 Å². The molecule has 0 N–H and O–H groups in total. The van der Waals surface area contributed by atoms with Gasteiger partial charge in [0, 0.05) is 0 Å². The van der Waals surface area contributed by atoms with E-state index in [1.54, 1.807) is 25.1 Å². The lowest BCUT2D eigenvalue weighted by atomic mass is 10.3. The van der Waals surface area contributed by atoms with Crippen molar-refractivity contribution in [3.63, 3.8) is 0 Å². The monoisotopic (exact) mass is 314 g/mol. The lowest BCUT2D eigenvalue weighted by Gasteiger charge is -2.11. The van der Waals surface area contributed by atoms with Crippen LogP contribution in [0.5, 0.6) is 11.5 Å². The lowest BCUT2D eigenvalue weighted by Crippen LogP contribution is -2.11. The summed E-state index contributed by atoms with van der Waals surface area (Å²) in [5.74, 6) is -2.18. The van der Waals surface area contributed by atoms with Gasteiger partial charge in [0.25, 0.3) is 0 Å². The van der Waals surface area contributed by atoms with Crippen molar-refractivity contribution >= 4 is 10.1 Å². The predicted octanol–water partition coefficient (Wildman–Crippen LogP) is 3.13. The molecule has 0 aliphatic carbocycles. The molecule has 0 atom stereocenters. The highest BCUT2D eigenvalue weighted by Gasteiger charge is 2.20. The smallest absolute Gasteiger partial charge is 0.339 e. The topological polar surface area (TPSA) is 52.6 Å². The molecule has 0 amide bonds. The first kappa shape index (κ1) is 15.2. The Bertz CT molecular complexity index is 744. The molecule has 0 aromatic heterocycles. The van der Waals surface area contributed by atoms with E-state index >= 15 is 0 Å². The first-order valence-electron chi connectivity index (χ1n) is 6.05. The van der Waals surface area contributed by atoms with Gasteiger partial charge in [-0.25, -0.2) is 8.78 Å². The molecule has 0 aliphatic rings.